The van der Waals surface area contributed by atoms with Crippen LogP contribution in [0.2, 0.25) is 0 Å². The number of methoxy groups -OCH3 is 2. The Balaban J connectivity index is 2.30. The minimum atomic E-state index is -0.821. The van der Waals surface area contributed by atoms with E-state index >= 15 is 0 Å². The van der Waals surface area contributed by atoms with Crippen molar-refractivity contribution in [1.29, 1.82) is 0 Å². The zero-order chi connectivity index (χ0) is 23.0. The molecule has 2 unspecified atom stereocenters. The number of ketones is 2. The lowest BCUT2D eigenvalue weighted by atomic mass is 9.99. The van der Waals surface area contributed by atoms with E-state index in [1.165, 1.54) is 50.6 Å². The van der Waals surface area contributed by atoms with Gasteiger partial charge in [-0.3, -0.25) is 9.59 Å². The third-order valence-electron chi connectivity index (χ3n) is 4.94. The molecule has 0 spiro atoms. The number of aromatic hydroxyl groups is 2. The Bertz CT molecular complexity index is 833. The molecule has 0 amide bonds. The van der Waals surface area contributed by atoms with Gasteiger partial charge in [-0.2, -0.15) is 0 Å². The lowest BCUT2D eigenvalue weighted by Crippen LogP contribution is -2.34. The Morgan fingerprint density at radius 3 is 1.48 bits per heavy atom. The van der Waals surface area contributed by atoms with Crippen LogP contribution in [0.1, 0.15) is 60.2 Å². The number of phenols is 2. The fourth-order valence-electron chi connectivity index (χ4n) is 3.28. The molecular weight excluding hydrogens is 400 g/mol. The molecule has 0 saturated heterocycles. The molecule has 2 atom stereocenters. The van der Waals surface area contributed by atoms with Crippen LogP contribution < -0.4 is 9.47 Å². The SMILES string of the molecule is CCCC(OC(CCC)C(=O)c1ccc(O)c(OC)c1)C(=O)c1ccc(O)c(OC)c1. The number of Topliss-reactive ketones (excluding diaryl/α,β-unsaturated/α-hetero) is 2. The predicted molar refractivity (Wildman–Crippen MR) is 116 cm³/mol. The Labute approximate surface area is 182 Å². The van der Waals surface area contributed by atoms with Crippen LogP contribution in [0.3, 0.4) is 0 Å². The molecule has 2 aromatic rings. The van der Waals surface area contributed by atoms with E-state index in [1.807, 2.05) is 13.8 Å². The Hall–Kier alpha value is -3.06. The normalized spacial score (nSPS) is 12.8. The summed E-state index contributed by atoms with van der Waals surface area (Å²) in [5.74, 6) is -0.300. The van der Waals surface area contributed by atoms with Gasteiger partial charge < -0.3 is 24.4 Å². The van der Waals surface area contributed by atoms with Gasteiger partial charge in [0.05, 0.1) is 14.2 Å². The number of carbonyl (C=O) groups excluding carboxylic acids is 2. The van der Waals surface area contributed by atoms with Gasteiger partial charge in [0.25, 0.3) is 0 Å². The highest BCUT2D eigenvalue weighted by atomic mass is 16.5. The van der Waals surface area contributed by atoms with Crippen molar-refractivity contribution < 1.29 is 34.0 Å². The molecule has 0 saturated carbocycles. The Kier molecular flexibility index (Phi) is 8.88. The number of phenolic OH excluding ortho intramolecular Hbond substituents is 2. The molecule has 0 heterocycles. The molecule has 0 bridgehead atoms. The van der Waals surface area contributed by atoms with Gasteiger partial charge in [-0.1, -0.05) is 26.7 Å². The second kappa shape index (κ2) is 11.4. The highest BCUT2D eigenvalue weighted by Crippen LogP contribution is 2.29. The average molecular weight is 430 g/mol. The molecule has 2 aromatic carbocycles. The second-order valence-corrected chi connectivity index (χ2v) is 7.19. The summed E-state index contributed by atoms with van der Waals surface area (Å²) in [6.45, 7) is 3.87. The van der Waals surface area contributed by atoms with Gasteiger partial charge in [0.15, 0.2) is 34.6 Å². The number of ether oxygens (including phenoxy) is 3. The van der Waals surface area contributed by atoms with Crippen LogP contribution >= 0.6 is 0 Å². The number of rotatable bonds is 12. The lowest BCUT2D eigenvalue weighted by molar-refractivity contribution is -0.00307. The van der Waals surface area contributed by atoms with Crippen molar-refractivity contribution in [3.63, 3.8) is 0 Å². The minimum Gasteiger partial charge on any atom is -0.504 e. The van der Waals surface area contributed by atoms with Gasteiger partial charge in [-0.25, -0.2) is 0 Å². The van der Waals surface area contributed by atoms with Gasteiger partial charge >= 0.3 is 0 Å². The highest BCUT2D eigenvalue weighted by Gasteiger charge is 2.29. The van der Waals surface area contributed by atoms with E-state index in [0.717, 1.165) is 0 Å². The quantitative estimate of drug-likeness (QED) is 0.477. The topological polar surface area (TPSA) is 102 Å². The van der Waals surface area contributed by atoms with E-state index < -0.39 is 12.2 Å². The maximum Gasteiger partial charge on any atom is 0.191 e. The Morgan fingerprint density at radius 1 is 0.774 bits per heavy atom. The van der Waals surface area contributed by atoms with Gasteiger partial charge in [-0.05, 0) is 49.2 Å². The smallest absolute Gasteiger partial charge is 0.191 e. The van der Waals surface area contributed by atoms with Gasteiger partial charge in [-0.15, -0.1) is 0 Å². The first-order valence-electron chi connectivity index (χ1n) is 10.3. The average Bonchev–Trinajstić information content (AvgIpc) is 2.78. The molecule has 31 heavy (non-hydrogen) atoms. The molecule has 0 aromatic heterocycles. The van der Waals surface area contributed by atoms with Crippen molar-refractivity contribution in [3.05, 3.63) is 47.5 Å². The van der Waals surface area contributed by atoms with Crippen molar-refractivity contribution in [3.8, 4) is 23.0 Å². The molecule has 7 nitrogen and oxygen atoms in total. The van der Waals surface area contributed by atoms with Crippen LogP contribution in [0, 0.1) is 0 Å². The van der Waals surface area contributed by atoms with Crippen LogP contribution in [0.15, 0.2) is 36.4 Å². The molecule has 0 aliphatic carbocycles. The third-order valence-corrected chi connectivity index (χ3v) is 4.94. The summed E-state index contributed by atoms with van der Waals surface area (Å²) in [6, 6.07) is 8.73. The highest BCUT2D eigenvalue weighted by molar-refractivity contribution is 6.02. The molecule has 0 aliphatic heterocycles. The Morgan fingerprint density at radius 2 is 1.16 bits per heavy atom. The van der Waals surface area contributed by atoms with Gasteiger partial charge in [0, 0.05) is 11.1 Å². The van der Waals surface area contributed by atoms with Crippen molar-refractivity contribution >= 4 is 11.6 Å². The number of benzene rings is 2. The first kappa shape index (κ1) is 24.2. The molecule has 168 valence electrons. The third kappa shape index (κ3) is 5.98. The second-order valence-electron chi connectivity index (χ2n) is 7.19. The van der Waals surface area contributed by atoms with Gasteiger partial charge in [0.1, 0.15) is 12.2 Å². The van der Waals surface area contributed by atoms with Crippen LogP contribution in [-0.2, 0) is 4.74 Å². The summed E-state index contributed by atoms with van der Waals surface area (Å²) in [5.41, 5.74) is 0.671. The van der Waals surface area contributed by atoms with Crippen molar-refractivity contribution in [1.82, 2.24) is 0 Å². The molecule has 7 heteroatoms. The monoisotopic (exact) mass is 430 g/mol. The van der Waals surface area contributed by atoms with Crippen LogP contribution in [0.5, 0.6) is 23.0 Å². The molecule has 2 N–H and O–H groups in total. The molecule has 0 fully saturated rings. The van der Waals surface area contributed by atoms with Crippen molar-refractivity contribution in [2.75, 3.05) is 14.2 Å². The number of carbonyl (C=O) groups is 2. The van der Waals surface area contributed by atoms with Crippen molar-refractivity contribution in [2.45, 2.75) is 51.7 Å². The number of hydrogen-bond acceptors (Lipinski definition) is 7. The standard InChI is InChI=1S/C24H30O7/c1-5-7-19(23(27)15-9-11-17(25)21(13-15)29-3)31-20(8-6-2)24(28)16-10-12-18(26)22(14-16)30-4/h9-14,19-20,25-26H,5-8H2,1-4H3. The van der Waals surface area contributed by atoms with Crippen molar-refractivity contribution in [2.24, 2.45) is 0 Å². The summed E-state index contributed by atoms with van der Waals surface area (Å²) < 4.78 is 16.3. The number of hydrogen-bond donors (Lipinski definition) is 2. The van der Waals surface area contributed by atoms with Crippen LogP contribution in [0.25, 0.3) is 0 Å². The van der Waals surface area contributed by atoms with E-state index in [9.17, 15) is 19.8 Å². The van der Waals surface area contributed by atoms with E-state index in [2.05, 4.69) is 0 Å². The van der Waals surface area contributed by atoms with E-state index in [-0.39, 0.29) is 34.6 Å². The molecule has 0 radical (unpaired) electrons. The fourth-order valence-corrected chi connectivity index (χ4v) is 3.28. The lowest BCUT2D eigenvalue weighted by Gasteiger charge is -2.23. The first-order chi connectivity index (χ1) is 14.9. The fraction of sp³-hybridized carbons (Fsp3) is 0.417. The van der Waals surface area contributed by atoms with E-state index in [4.69, 9.17) is 14.2 Å². The summed E-state index contributed by atoms with van der Waals surface area (Å²) in [4.78, 5) is 26.3. The maximum atomic E-state index is 13.1. The summed E-state index contributed by atoms with van der Waals surface area (Å²) in [7, 11) is 2.82. The molecular formula is C24H30O7. The summed E-state index contributed by atoms with van der Waals surface area (Å²) in [5, 5.41) is 19.6. The largest absolute Gasteiger partial charge is 0.504 e. The molecule has 2 rings (SSSR count). The summed E-state index contributed by atoms with van der Waals surface area (Å²) >= 11 is 0. The summed E-state index contributed by atoms with van der Waals surface area (Å²) in [6.07, 6.45) is 0.609. The van der Waals surface area contributed by atoms with Crippen LogP contribution in [0.4, 0.5) is 0 Å². The van der Waals surface area contributed by atoms with E-state index in [0.29, 0.717) is 36.8 Å². The zero-order valence-electron chi connectivity index (χ0n) is 18.4. The minimum absolute atomic E-state index is 0.0627. The predicted octanol–water partition coefficient (Wildman–Crippen LogP) is 4.53. The van der Waals surface area contributed by atoms with Gasteiger partial charge in [0.2, 0.25) is 0 Å². The van der Waals surface area contributed by atoms with E-state index in [1.54, 1.807) is 0 Å². The van der Waals surface area contributed by atoms with Crippen LogP contribution in [-0.4, -0.2) is 48.2 Å². The maximum absolute atomic E-state index is 13.1. The molecule has 0 aliphatic rings. The first-order valence-corrected chi connectivity index (χ1v) is 10.3. The zero-order valence-corrected chi connectivity index (χ0v) is 18.4.